The summed E-state index contributed by atoms with van der Waals surface area (Å²) < 4.78 is 32.4. The van der Waals surface area contributed by atoms with Crippen LogP contribution in [-0.4, -0.2) is 24.0 Å². The van der Waals surface area contributed by atoms with Crippen LogP contribution in [0.4, 0.5) is 14.5 Å². The highest BCUT2D eigenvalue weighted by Crippen LogP contribution is 2.24. The molecule has 1 amide bonds. The highest BCUT2D eigenvalue weighted by molar-refractivity contribution is 6.08. The van der Waals surface area contributed by atoms with Crippen LogP contribution in [0.2, 0.25) is 0 Å². The Bertz CT molecular complexity index is 1010. The van der Waals surface area contributed by atoms with Gasteiger partial charge in [-0.1, -0.05) is 6.07 Å². The average Bonchev–Trinajstić information content (AvgIpc) is 2.69. The maximum Gasteiger partial charge on any atom is 0.337 e. The first-order chi connectivity index (χ1) is 13.0. The Morgan fingerprint density at radius 2 is 1.85 bits per heavy atom. The summed E-state index contributed by atoms with van der Waals surface area (Å²) in [6.07, 6.45) is 1.55. The van der Waals surface area contributed by atoms with Crippen molar-refractivity contribution in [2.45, 2.75) is 0 Å². The van der Waals surface area contributed by atoms with E-state index in [2.05, 4.69) is 15.0 Å². The van der Waals surface area contributed by atoms with Gasteiger partial charge < -0.3 is 10.1 Å². The zero-order valence-electron chi connectivity index (χ0n) is 14.2. The van der Waals surface area contributed by atoms with E-state index in [9.17, 15) is 18.4 Å². The van der Waals surface area contributed by atoms with Gasteiger partial charge in [-0.25, -0.2) is 13.6 Å². The van der Waals surface area contributed by atoms with Crippen molar-refractivity contribution in [2.75, 3.05) is 12.4 Å². The van der Waals surface area contributed by atoms with E-state index in [1.54, 1.807) is 24.4 Å². The number of hydrogen-bond acceptors (Lipinski definition) is 4. The first kappa shape index (κ1) is 18.2. The Labute approximate surface area is 153 Å². The summed E-state index contributed by atoms with van der Waals surface area (Å²) in [5.74, 6) is -2.84. The monoisotopic (exact) mass is 368 g/mol. The predicted molar refractivity (Wildman–Crippen MR) is 95.3 cm³/mol. The van der Waals surface area contributed by atoms with E-state index in [-0.39, 0.29) is 16.8 Å². The number of benzene rings is 2. The fourth-order valence-electron chi connectivity index (χ4n) is 2.50. The molecule has 0 saturated heterocycles. The number of aromatic nitrogens is 1. The Balaban J connectivity index is 1.93. The molecule has 136 valence electrons. The molecule has 0 spiro atoms. The number of nitrogens with one attached hydrogen (secondary N) is 1. The van der Waals surface area contributed by atoms with Crippen LogP contribution in [-0.2, 0) is 4.74 Å². The Kier molecular flexibility index (Phi) is 5.21. The molecule has 3 aromatic rings. The summed E-state index contributed by atoms with van der Waals surface area (Å²) >= 11 is 0. The number of nitrogens with zero attached hydrogens (tertiary/aromatic N) is 1. The van der Waals surface area contributed by atoms with E-state index < -0.39 is 23.5 Å². The SMILES string of the molecule is COC(=O)c1ccc(NC(=O)c2cc(F)ccc2-c2ccccn2)c(F)c1. The van der Waals surface area contributed by atoms with E-state index in [0.717, 1.165) is 12.1 Å². The zero-order chi connectivity index (χ0) is 19.4. The molecule has 0 aliphatic rings. The summed E-state index contributed by atoms with van der Waals surface area (Å²) in [5, 5.41) is 2.39. The number of pyridine rings is 1. The van der Waals surface area contributed by atoms with Gasteiger partial charge in [0.05, 0.1) is 29.6 Å². The predicted octanol–water partition coefficient (Wildman–Crippen LogP) is 4.07. The molecule has 0 unspecified atom stereocenters. The van der Waals surface area contributed by atoms with Crippen molar-refractivity contribution in [2.24, 2.45) is 0 Å². The number of ether oxygens (including phenoxy) is 1. The van der Waals surface area contributed by atoms with Gasteiger partial charge in [-0.3, -0.25) is 9.78 Å². The fraction of sp³-hybridized carbons (Fsp3) is 0.0500. The maximum absolute atomic E-state index is 14.2. The Morgan fingerprint density at radius 1 is 1.04 bits per heavy atom. The third-order valence-corrected chi connectivity index (χ3v) is 3.81. The number of esters is 1. The standard InChI is InChI=1S/C20H14F2N2O3/c1-27-20(26)12-5-8-18(16(22)10-12)24-19(25)15-11-13(21)6-7-14(15)17-4-2-3-9-23-17/h2-11H,1H3,(H,24,25). The number of rotatable bonds is 4. The molecule has 1 N–H and O–H groups in total. The first-order valence-electron chi connectivity index (χ1n) is 7.90. The molecule has 5 nitrogen and oxygen atoms in total. The summed E-state index contributed by atoms with van der Waals surface area (Å²) in [4.78, 5) is 28.2. The Morgan fingerprint density at radius 3 is 2.52 bits per heavy atom. The normalized spacial score (nSPS) is 10.3. The van der Waals surface area contributed by atoms with E-state index in [1.807, 2.05) is 0 Å². The lowest BCUT2D eigenvalue weighted by Gasteiger charge is -2.11. The van der Waals surface area contributed by atoms with Gasteiger partial charge in [0, 0.05) is 11.8 Å². The van der Waals surface area contributed by atoms with E-state index in [0.29, 0.717) is 11.3 Å². The molecule has 0 bridgehead atoms. The molecule has 0 radical (unpaired) electrons. The van der Waals surface area contributed by atoms with Crippen molar-refractivity contribution in [3.05, 3.63) is 83.6 Å². The number of carbonyl (C=O) groups is 2. The van der Waals surface area contributed by atoms with Crippen molar-refractivity contribution in [1.29, 1.82) is 0 Å². The number of anilines is 1. The second kappa shape index (κ2) is 7.74. The molecule has 1 heterocycles. The first-order valence-corrected chi connectivity index (χ1v) is 7.90. The van der Waals surface area contributed by atoms with Crippen LogP contribution in [0.1, 0.15) is 20.7 Å². The van der Waals surface area contributed by atoms with Gasteiger partial charge in [-0.2, -0.15) is 0 Å². The topological polar surface area (TPSA) is 68.3 Å². The van der Waals surface area contributed by atoms with Crippen molar-refractivity contribution < 1.29 is 23.1 Å². The van der Waals surface area contributed by atoms with Crippen molar-refractivity contribution in [1.82, 2.24) is 4.98 Å². The minimum Gasteiger partial charge on any atom is -0.465 e. The highest BCUT2D eigenvalue weighted by Gasteiger charge is 2.17. The number of methoxy groups -OCH3 is 1. The molecule has 0 atom stereocenters. The average molecular weight is 368 g/mol. The molecule has 0 aliphatic heterocycles. The van der Waals surface area contributed by atoms with Gasteiger partial charge >= 0.3 is 5.97 Å². The molecule has 0 saturated carbocycles. The number of carbonyl (C=O) groups excluding carboxylic acids is 2. The van der Waals surface area contributed by atoms with Crippen molar-refractivity contribution in [3.63, 3.8) is 0 Å². The fourth-order valence-corrected chi connectivity index (χ4v) is 2.50. The summed E-state index contributed by atoms with van der Waals surface area (Å²) in [5.41, 5.74) is 0.743. The second-order valence-electron chi connectivity index (χ2n) is 5.55. The maximum atomic E-state index is 14.2. The van der Waals surface area contributed by atoms with Crippen molar-refractivity contribution >= 4 is 17.6 Å². The van der Waals surface area contributed by atoms with Gasteiger partial charge in [-0.05, 0) is 48.5 Å². The van der Waals surface area contributed by atoms with Gasteiger partial charge in [0.15, 0.2) is 0 Å². The van der Waals surface area contributed by atoms with Crippen molar-refractivity contribution in [3.8, 4) is 11.3 Å². The van der Waals surface area contributed by atoms with Crippen LogP contribution in [0, 0.1) is 11.6 Å². The van der Waals surface area contributed by atoms with E-state index >= 15 is 0 Å². The molecular weight excluding hydrogens is 354 g/mol. The number of hydrogen-bond donors (Lipinski definition) is 1. The molecule has 0 aliphatic carbocycles. The molecule has 27 heavy (non-hydrogen) atoms. The lowest BCUT2D eigenvalue weighted by atomic mass is 10.0. The van der Waals surface area contributed by atoms with E-state index in [1.165, 1.54) is 31.4 Å². The quantitative estimate of drug-likeness (QED) is 0.705. The summed E-state index contributed by atoms with van der Waals surface area (Å²) in [6.45, 7) is 0. The van der Waals surface area contributed by atoms with Gasteiger partial charge in [0.1, 0.15) is 11.6 Å². The molecular formula is C20H14F2N2O3. The lowest BCUT2D eigenvalue weighted by Crippen LogP contribution is -2.15. The highest BCUT2D eigenvalue weighted by atomic mass is 19.1. The third-order valence-electron chi connectivity index (χ3n) is 3.81. The molecule has 2 aromatic carbocycles. The summed E-state index contributed by atoms with van der Waals surface area (Å²) in [7, 11) is 1.18. The second-order valence-corrected chi connectivity index (χ2v) is 5.55. The minimum atomic E-state index is -0.818. The van der Waals surface area contributed by atoms with Gasteiger partial charge in [-0.15, -0.1) is 0 Å². The van der Waals surface area contributed by atoms with Crippen LogP contribution in [0.25, 0.3) is 11.3 Å². The molecule has 0 fully saturated rings. The van der Waals surface area contributed by atoms with E-state index in [4.69, 9.17) is 0 Å². The molecule has 7 heteroatoms. The number of halogens is 2. The summed E-state index contributed by atoms with van der Waals surface area (Å²) in [6, 6.07) is 12.3. The van der Waals surface area contributed by atoms with Crippen LogP contribution < -0.4 is 5.32 Å². The van der Waals surface area contributed by atoms with Crippen LogP contribution in [0.5, 0.6) is 0 Å². The van der Waals surface area contributed by atoms with Gasteiger partial charge in [0.2, 0.25) is 0 Å². The zero-order valence-corrected chi connectivity index (χ0v) is 14.2. The smallest absolute Gasteiger partial charge is 0.337 e. The van der Waals surface area contributed by atoms with Crippen LogP contribution in [0.3, 0.4) is 0 Å². The number of amides is 1. The van der Waals surface area contributed by atoms with Crippen LogP contribution >= 0.6 is 0 Å². The Hall–Kier alpha value is -3.61. The van der Waals surface area contributed by atoms with Crippen LogP contribution in [0.15, 0.2) is 60.8 Å². The molecule has 1 aromatic heterocycles. The lowest BCUT2D eigenvalue weighted by molar-refractivity contribution is 0.0600. The minimum absolute atomic E-state index is 0.00476. The third kappa shape index (κ3) is 3.98. The largest absolute Gasteiger partial charge is 0.465 e. The molecule has 3 rings (SSSR count). The van der Waals surface area contributed by atoms with Gasteiger partial charge in [0.25, 0.3) is 5.91 Å².